The molecule has 0 aromatic heterocycles. The van der Waals surface area contributed by atoms with Crippen LogP contribution in [0.5, 0.6) is 0 Å². The van der Waals surface area contributed by atoms with Crippen LogP contribution in [0, 0.1) is 5.92 Å². The molecular formula is C12H20O3. The lowest BCUT2D eigenvalue weighted by atomic mass is 9.94. The van der Waals surface area contributed by atoms with Crippen molar-refractivity contribution in [3.63, 3.8) is 0 Å². The second kappa shape index (κ2) is 7.23. The zero-order valence-electron chi connectivity index (χ0n) is 9.53. The number of aliphatic hydroxyl groups excluding tert-OH is 1. The third-order valence-corrected chi connectivity index (χ3v) is 2.33. The molecule has 0 saturated carbocycles. The molecule has 1 N–H and O–H groups in total. The Labute approximate surface area is 91.4 Å². The van der Waals surface area contributed by atoms with Crippen LogP contribution in [-0.2, 0) is 9.53 Å². The highest BCUT2D eigenvalue weighted by Gasteiger charge is 2.18. The Morgan fingerprint density at radius 1 is 1.60 bits per heavy atom. The molecule has 0 aliphatic carbocycles. The first-order valence-corrected chi connectivity index (χ1v) is 5.15. The molecule has 15 heavy (non-hydrogen) atoms. The fourth-order valence-corrected chi connectivity index (χ4v) is 1.12. The fourth-order valence-electron chi connectivity index (χ4n) is 1.12. The van der Waals surface area contributed by atoms with Gasteiger partial charge in [-0.1, -0.05) is 39.5 Å². The molecule has 0 amide bonds. The van der Waals surface area contributed by atoms with Gasteiger partial charge >= 0.3 is 5.97 Å². The second-order valence-electron chi connectivity index (χ2n) is 3.64. The summed E-state index contributed by atoms with van der Waals surface area (Å²) in [6.07, 6.45) is 1.79. The van der Waals surface area contributed by atoms with Gasteiger partial charge in [0.1, 0.15) is 6.61 Å². The molecule has 3 nitrogen and oxygen atoms in total. The lowest BCUT2D eigenvalue weighted by Gasteiger charge is -2.18. The predicted molar refractivity (Wildman–Crippen MR) is 60.4 cm³/mol. The van der Waals surface area contributed by atoms with Crippen molar-refractivity contribution in [3.05, 3.63) is 24.8 Å². The lowest BCUT2D eigenvalue weighted by molar-refractivity contribution is -0.141. The Bertz CT molecular complexity index is 233. The number of rotatable bonds is 7. The van der Waals surface area contributed by atoms with Crippen LogP contribution >= 0.6 is 0 Å². The smallest absolute Gasteiger partial charge is 0.310 e. The Morgan fingerprint density at radius 3 is 2.67 bits per heavy atom. The molecule has 0 saturated heterocycles. The molecule has 0 heterocycles. The summed E-state index contributed by atoms with van der Waals surface area (Å²) in [5.41, 5.74) is 0.512. The summed E-state index contributed by atoms with van der Waals surface area (Å²) in [6.45, 7) is 11.2. The van der Waals surface area contributed by atoms with Crippen LogP contribution in [0.25, 0.3) is 0 Å². The van der Waals surface area contributed by atoms with E-state index in [0.717, 1.165) is 6.42 Å². The first-order chi connectivity index (χ1) is 7.02. The van der Waals surface area contributed by atoms with Gasteiger partial charge < -0.3 is 9.84 Å². The van der Waals surface area contributed by atoms with Gasteiger partial charge in [0.2, 0.25) is 0 Å². The third kappa shape index (κ3) is 5.37. The lowest BCUT2D eigenvalue weighted by Crippen LogP contribution is -2.21. The third-order valence-electron chi connectivity index (χ3n) is 2.33. The molecule has 0 radical (unpaired) electrons. The fraction of sp³-hybridized carbons (Fsp3) is 0.583. The second-order valence-corrected chi connectivity index (χ2v) is 3.64. The maximum atomic E-state index is 11.2. The van der Waals surface area contributed by atoms with E-state index >= 15 is 0 Å². The first kappa shape index (κ1) is 13.9. The molecule has 0 aliphatic rings. The van der Waals surface area contributed by atoms with E-state index in [9.17, 15) is 9.90 Å². The Balaban J connectivity index is 4.01. The van der Waals surface area contributed by atoms with Gasteiger partial charge in [-0.25, -0.2) is 0 Å². The minimum absolute atomic E-state index is 0.0688. The maximum Gasteiger partial charge on any atom is 0.310 e. The number of ether oxygens (including phenoxy) is 1. The number of carbonyl (C=O) groups excluding carboxylic acids is 1. The quantitative estimate of drug-likeness (QED) is 0.519. The standard InChI is InChI=1S/C12H20O3/c1-5-7-15-11(13)8-10(4)12(14)9(3)6-2/h5,9,12,14H,1,4,6-8H2,2-3H3. The van der Waals surface area contributed by atoms with Crippen molar-refractivity contribution in [2.75, 3.05) is 6.61 Å². The van der Waals surface area contributed by atoms with Gasteiger partial charge in [0.25, 0.3) is 0 Å². The highest BCUT2D eigenvalue weighted by atomic mass is 16.5. The van der Waals surface area contributed by atoms with Gasteiger partial charge in [0, 0.05) is 0 Å². The monoisotopic (exact) mass is 212 g/mol. The van der Waals surface area contributed by atoms with Gasteiger partial charge in [-0.15, -0.1) is 0 Å². The van der Waals surface area contributed by atoms with E-state index in [1.54, 1.807) is 0 Å². The van der Waals surface area contributed by atoms with E-state index in [1.165, 1.54) is 6.08 Å². The summed E-state index contributed by atoms with van der Waals surface area (Å²) in [5, 5.41) is 9.73. The summed E-state index contributed by atoms with van der Waals surface area (Å²) < 4.78 is 4.80. The summed E-state index contributed by atoms with van der Waals surface area (Å²) in [4.78, 5) is 11.2. The summed E-state index contributed by atoms with van der Waals surface area (Å²) in [7, 11) is 0. The van der Waals surface area contributed by atoms with Gasteiger partial charge in [0.05, 0.1) is 12.5 Å². The van der Waals surface area contributed by atoms with Crippen LogP contribution in [-0.4, -0.2) is 23.8 Å². The Morgan fingerprint density at radius 2 is 2.20 bits per heavy atom. The van der Waals surface area contributed by atoms with Gasteiger partial charge in [-0.05, 0) is 11.5 Å². The highest BCUT2D eigenvalue weighted by Crippen LogP contribution is 2.17. The molecule has 0 aliphatic heterocycles. The molecule has 86 valence electrons. The van der Waals surface area contributed by atoms with Crippen molar-refractivity contribution >= 4 is 5.97 Å². The van der Waals surface area contributed by atoms with E-state index in [4.69, 9.17) is 4.74 Å². The van der Waals surface area contributed by atoms with E-state index in [0.29, 0.717) is 5.57 Å². The molecule has 0 aromatic carbocycles. The zero-order valence-corrected chi connectivity index (χ0v) is 9.53. The van der Waals surface area contributed by atoms with Crippen LogP contribution < -0.4 is 0 Å². The molecule has 0 spiro atoms. The van der Waals surface area contributed by atoms with Crippen molar-refractivity contribution in [1.29, 1.82) is 0 Å². The van der Waals surface area contributed by atoms with Crippen LogP contribution in [0.15, 0.2) is 24.8 Å². The topological polar surface area (TPSA) is 46.5 Å². The number of hydrogen-bond acceptors (Lipinski definition) is 3. The van der Waals surface area contributed by atoms with Gasteiger partial charge in [0.15, 0.2) is 0 Å². The van der Waals surface area contributed by atoms with E-state index in [2.05, 4.69) is 13.2 Å². The minimum atomic E-state index is -0.633. The largest absolute Gasteiger partial charge is 0.461 e. The van der Waals surface area contributed by atoms with Crippen molar-refractivity contribution in [2.24, 2.45) is 5.92 Å². The summed E-state index contributed by atoms with van der Waals surface area (Å²) in [5.74, 6) is -0.257. The van der Waals surface area contributed by atoms with Gasteiger partial charge in [-0.3, -0.25) is 4.79 Å². The van der Waals surface area contributed by atoms with E-state index in [1.807, 2.05) is 13.8 Å². The summed E-state index contributed by atoms with van der Waals surface area (Å²) in [6, 6.07) is 0. The molecule has 0 fully saturated rings. The maximum absolute atomic E-state index is 11.2. The average molecular weight is 212 g/mol. The normalized spacial score (nSPS) is 14.1. The molecule has 0 bridgehead atoms. The molecule has 0 rings (SSSR count). The zero-order chi connectivity index (χ0) is 11.8. The van der Waals surface area contributed by atoms with Crippen LogP contribution in [0.2, 0.25) is 0 Å². The molecule has 0 aromatic rings. The average Bonchev–Trinajstić information content (AvgIpc) is 2.23. The number of aliphatic hydroxyl groups is 1. The minimum Gasteiger partial charge on any atom is -0.461 e. The van der Waals surface area contributed by atoms with Crippen molar-refractivity contribution in [1.82, 2.24) is 0 Å². The first-order valence-electron chi connectivity index (χ1n) is 5.15. The SMILES string of the molecule is C=CCOC(=O)CC(=C)C(O)C(C)CC. The van der Waals surface area contributed by atoms with Crippen LogP contribution in [0.1, 0.15) is 26.7 Å². The summed E-state index contributed by atoms with van der Waals surface area (Å²) >= 11 is 0. The van der Waals surface area contributed by atoms with Crippen LogP contribution in [0.3, 0.4) is 0 Å². The Kier molecular flexibility index (Phi) is 6.71. The molecule has 2 unspecified atom stereocenters. The van der Waals surface area contributed by atoms with Crippen LogP contribution in [0.4, 0.5) is 0 Å². The highest BCUT2D eigenvalue weighted by molar-refractivity contribution is 5.72. The number of hydrogen-bond donors (Lipinski definition) is 1. The number of carbonyl (C=O) groups is 1. The van der Waals surface area contributed by atoms with E-state index in [-0.39, 0.29) is 24.9 Å². The van der Waals surface area contributed by atoms with Gasteiger partial charge in [-0.2, -0.15) is 0 Å². The number of esters is 1. The van der Waals surface area contributed by atoms with E-state index < -0.39 is 6.10 Å². The van der Waals surface area contributed by atoms with Crippen molar-refractivity contribution in [3.8, 4) is 0 Å². The molecule has 3 heteroatoms. The van der Waals surface area contributed by atoms with Crippen molar-refractivity contribution < 1.29 is 14.6 Å². The molecule has 2 atom stereocenters. The predicted octanol–water partition coefficient (Wildman–Crippen LogP) is 2.07. The van der Waals surface area contributed by atoms with Crippen molar-refractivity contribution in [2.45, 2.75) is 32.8 Å². The Hall–Kier alpha value is -1.09. The molecular weight excluding hydrogens is 192 g/mol.